The number of aromatic amines is 1. The molecule has 30 heavy (non-hydrogen) atoms. The fourth-order valence-corrected chi connectivity index (χ4v) is 4.62. The molecule has 1 aromatic heterocycles. The van der Waals surface area contributed by atoms with Gasteiger partial charge in [0.05, 0.1) is 0 Å². The lowest BCUT2D eigenvalue weighted by Crippen LogP contribution is -2.30. The molecule has 2 aromatic carbocycles. The quantitative estimate of drug-likeness (QED) is 0.292. The number of carbonyl (C=O) groups excluding carboxylic acids is 1. The molecule has 0 bridgehead atoms. The molecule has 0 fully saturated rings. The van der Waals surface area contributed by atoms with Gasteiger partial charge in [-0.25, -0.2) is 5.48 Å². The number of para-hydroxylation sites is 1. The Morgan fingerprint density at radius 1 is 1.27 bits per heavy atom. The molecule has 4 rings (SSSR count). The Morgan fingerprint density at radius 2 is 2.13 bits per heavy atom. The number of aryl methyl sites for hydroxylation is 1. The fourth-order valence-electron chi connectivity index (χ4n) is 4.62. The molecule has 156 valence electrons. The molecule has 0 saturated heterocycles. The maximum absolute atomic E-state index is 11.2. The van der Waals surface area contributed by atoms with E-state index in [-0.39, 0.29) is 0 Å². The van der Waals surface area contributed by atoms with Crippen LogP contribution in [0.1, 0.15) is 48.1 Å². The standard InChI is InChI=1S/C25H29N3O2/c1-2-14-28(15-13-20-17-26-23-6-4-3-5-21(20)23)24-11-9-19-16-18(7-10-22(19)24)8-12-25(29)27-30/h3-8,10,12,16-17,24,26,30H,2,9,11,13-15H2,1H3,(H,27,29). The van der Waals surface area contributed by atoms with Crippen LogP contribution in [-0.2, 0) is 17.6 Å². The van der Waals surface area contributed by atoms with Gasteiger partial charge in [0.25, 0.3) is 5.91 Å². The van der Waals surface area contributed by atoms with Gasteiger partial charge in [0.15, 0.2) is 0 Å². The van der Waals surface area contributed by atoms with Crippen molar-refractivity contribution < 1.29 is 10.0 Å². The van der Waals surface area contributed by atoms with Crippen molar-refractivity contribution in [1.29, 1.82) is 0 Å². The van der Waals surface area contributed by atoms with Gasteiger partial charge in [-0.2, -0.15) is 0 Å². The number of amides is 1. The lowest BCUT2D eigenvalue weighted by Gasteiger charge is -2.29. The number of carbonyl (C=O) groups is 1. The number of H-pyrrole nitrogens is 1. The molecule has 1 heterocycles. The van der Waals surface area contributed by atoms with Crippen LogP contribution in [0.2, 0.25) is 0 Å². The van der Waals surface area contributed by atoms with E-state index in [1.807, 2.05) is 0 Å². The van der Waals surface area contributed by atoms with Crippen LogP contribution < -0.4 is 5.48 Å². The molecule has 1 amide bonds. The van der Waals surface area contributed by atoms with E-state index in [9.17, 15) is 4.79 Å². The lowest BCUT2D eigenvalue weighted by atomic mass is 10.0. The van der Waals surface area contributed by atoms with Crippen molar-refractivity contribution in [2.45, 2.75) is 38.6 Å². The number of benzene rings is 2. The number of nitrogens with one attached hydrogen (secondary N) is 2. The average molecular weight is 404 g/mol. The summed E-state index contributed by atoms with van der Waals surface area (Å²) in [7, 11) is 0. The summed E-state index contributed by atoms with van der Waals surface area (Å²) < 4.78 is 0. The van der Waals surface area contributed by atoms with Crippen LogP contribution in [0.25, 0.3) is 17.0 Å². The van der Waals surface area contributed by atoms with E-state index in [1.54, 1.807) is 11.6 Å². The number of aromatic nitrogens is 1. The van der Waals surface area contributed by atoms with E-state index < -0.39 is 5.91 Å². The van der Waals surface area contributed by atoms with E-state index in [2.05, 4.69) is 65.5 Å². The van der Waals surface area contributed by atoms with E-state index in [4.69, 9.17) is 5.21 Å². The number of nitrogens with zero attached hydrogens (tertiary/aromatic N) is 1. The summed E-state index contributed by atoms with van der Waals surface area (Å²) >= 11 is 0. The first-order valence-electron chi connectivity index (χ1n) is 10.7. The zero-order valence-corrected chi connectivity index (χ0v) is 17.4. The molecule has 3 N–H and O–H groups in total. The summed E-state index contributed by atoms with van der Waals surface area (Å²) in [5, 5.41) is 9.96. The summed E-state index contributed by atoms with van der Waals surface area (Å²) in [6.45, 7) is 4.37. The highest BCUT2D eigenvalue weighted by molar-refractivity contribution is 5.90. The van der Waals surface area contributed by atoms with Crippen molar-refractivity contribution in [3.05, 3.63) is 77.0 Å². The fraction of sp³-hybridized carbons (Fsp3) is 0.320. The molecule has 0 saturated carbocycles. The number of hydrogen-bond donors (Lipinski definition) is 3. The minimum atomic E-state index is -0.514. The molecule has 1 aliphatic carbocycles. The smallest absolute Gasteiger partial charge is 0.267 e. The molecule has 5 nitrogen and oxygen atoms in total. The van der Waals surface area contributed by atoms with Gasteiger partial charge < -0.3 is 4.98 Å². The predicted octanol–water partition coefficient (Wildman–Crippen LogP) is 4.63. The maximum atomic E-state index is 11.2. The van der Waals surface area contributed by atoms with Crippen LogP contribution in [0.3, 0.4) is 0 Å². The Bertz CT molecular complexity index is 1050. The van der Waals surface area contributed by atoms with Gasteiger partial charge in [-0.3, -0.25) is 14.9 Å². The molecular formula is C25H29N3O2. The monoisotopic (exact) mass is 403 g/mol. The highest BCUT2D eigenvalue weighted by atomic mass is 16.5. The second-order valence-corrected chi connectivity index (χ2v) is 7.97. The van der Waals surface area contributed by atoms with Gasteiger partial charge in [-0.15, -0.1) is 0 Å². The molecule has 3 aromatic rings. The second-order valence-electron chi connectivity index (χ2n) is 7.97. The van der Waals surface area contributed by atoms with E-state index in [1.165, 1.54) is 33.7 Å². The van der Waals surface area contributed by atoms with Crippen molar-refractivity contribution >= 4 is 22.9 Å². The van der Waals surface area contributed by atoms with Crippen LogP contribution in [0.4, 0.5) is 0 Å². The Hall–Kier alpha value is -2.89. The van der Waals surface area contributed by atoms with Gasteiger partial charge in [0.1, 0.15) is 0 Å². The van der Waals surface area contributed by atoms with Crippen molar-refractivity contribution in [2.24, 2.45) is 0 Å². The van der Waals surface area contributed by atoms with Crippen LogP contribution in [0.5, 0.6) is 0 Å². The predicted molar refractivity (Wildman–Crippen MR) is 120 cm³/mol. The first-order valence-corrected chi connectivity index (χ1v) is 10.7. The zero-order valence-electron chi connectivity index (χ0n) is 17.4. The molecule has 1 aliphatic rings. The number of fused-ring (bicyclic) bond motifs is 2. The van der Waals surface area contributed by atoms with E-state index in [0.717, 1.165) is 44.3 Å². The molecular weight excluding hydrogens is 374 g/mol. The third kappa shape index (κ3) is 4.32. The number of rotatable bonds is 8. The van der Waals surface area contributed by atoms with Gasteiger partial charge in [-0.1, -0.05) is 43.3 Å². The van der Waals surface area contributed by atoms with Gasteiger partial charge in [-0.05, 0) is 66.6 Å². The van der Waals surface area contributed by atoms with Gasteiger partial charge in [0, 0.05) is 35.8 Å². The summed E-state index contributed by atoms with van der Waals surface area (Å²) in [5.41, 5.74) is 7.97. The Balaban J connectivity index is 1.49. The lowest BCUT2D eigenvalue weighted by molar-refractivity contribution is -0.124. The van der Waals surface area contributed by atoms with Crippen molar-refractivity contribution in [1.82, 2.24) is 15.4 Å². The van der Waals surface area contributed by atoms with Crippen molar-refractivity contribution in [3.8, 4) is 0 Å². The normalized spacial score (nSPS) is 15.9. The first-order chi connectivity index (χ1) is 14.7. The molecule has 0 radical (unpaired) electrons. The topological polar surface area (TPSA) is 68.4 Å². The summed E-state index contributed by atoms with van der Waals surface area (Å²) in [4.78, 5) is 17.2. The van der Waals surface area contributed by atoms with Crippen LogP contribution in [-0.4, -0.2) is 34.1 Å². The Kier molecular flexibility index (Phi) is 6.31. The molecule has 5 heteroatoms. The second kappa shape index (κ2) is 9.28. The third-order valence-corrected chi connectivity index (χ3v) is 6.05. The number of hydroxylamine groups is 1. The third-order valence-electron chi connectivity index (χ3n) is 6.05. The minimum Gasteiger partial charge on any atom is -0.361 e. The van der Waals surface area contributed by atoms with E-state index in [0.29, 0.717) is 6.04 Å². The molecule has 0 aliphatic heterocycles. The zero-order chi connectivity index (χ0) is 20.9. The summed E-state index contributed by atoms with van der Waals surface area (Å²) in [6, 6.07) is 15.4. The highest BCUT2D eigenvalue weighted by Crippen LogP contribution is 2.37. The van der Waals surface area contributed by atoms with Crippen LogP contribution >= 0.6 is 0 Å². The molecule has 0 spiro atoms. The molecule has 1 unspecified atom stereocenters. The average Bonchev–Trinajstić information content (AvgIpc) is 3.39. The minimum absolute atomic E-state index is 0.448. The first kappa shape index (κ1) is 20.4. The van der Waals surface area contributed by atoms with Crippen LogP contribution in [0, 0.1) is 0 Å². The van der Waals surface area contributed by atoms with Crippen LogP contribution in [0.15, 0.2) is 54.7 Å². The summed E-state index contributed by atoms with van der Waals surface area (Å²) in [6.07, 6.45) is 9.59. The Morgan fingerprint density at radius 3 is 2.97 bits per heavy atom. The van der Waals surface area contributed by atoms with Gasteiger partial charge >= 0.3 is 0 Å². The largest absolute Gasteiger partial charge is 0.361 e. The van der Waals surface area contributed by atoms with Crippen molar-refractivity contribution in [3.63, 3.8) is 0 Å². The van der Waals surface area contributed by atoms with Crippen molar-refractivity contribution in [2.75, 3.05) is 13.1 Å². The molecule has 1 atom stereocenters. The summed E-state index contributed by atoms with van der Waals surface area (Å²) in [5.74, 6) is -0.514. The number of hydrogen-bond acceptors (Lipinski definition) is 3. The van der Waals surface area contributed by atoms with Gasteiger partial charge in [0.2, 0.25) is 0 Å². The Labute approximate surface area is 177 Å². The van der Waals surface area contributed by atoms with E-state index >= 15 is 0 Å². The highest BCUT2D eigenvalue weighted by Gasteiger charge is 2.27. The maximum Gasteiger partial charge on any atom is 0.267 e. The SMILES string of the molecule is CCCN(CCc1c[nH]c2ccccc12)C1CCc2cc(C=CC(=O)NO)ccc21.